The fourth-order valence-electron chi connectivity index (χ4n) is 5.58. The number of aromatic nitrogens is 1. The van der Waals surface area contributed by atoms with E-state index in [1.54, 1.807) is 25.1 Å². The Hall–Kier alpha value is -6.03. The molecule has 0 radical (unpaired) electrons. The van der Waals surface area contributed by atoms with E-state index < -0.39 is 0 Å². The highest BCUT2D eigenvalue weighted by Gasteiger charge is 2.25. The number of nitrogens with zero attached hydrogens (tertiary/aromatic N) is 2. The van der Waals surface area contributed by atoms with E-state index in [0.29, 0.717) is 42.3 Å². The van der Waals surface area contributed by atoms with Gasteiger partial charge in [0.25, 0.3) is 0 Å². The lowest BCUT2D eigenvalue weighted by Gasteiger charge is -2.16. The van der Waals surface area contributed by atoms with Crippen LogP contribution in [0.2, 0.25) is 0 Å². The summed E-state index contributed by atoms with van der Waals surface area (Å²) in [6, 6.07) is 21.8. The Morgan fingerprint density at radius 1 is 1.00 bits per heavy atom. The van der Waals surface area contributed by atoms with E-state index in [4.69, 9.17) is 25.7 Å². The molecule has 0 spiro atoms. The topological polar surface area (TPSA) is 209 Å². The van der Waals surface area contributed by atoms with Crippen molar-refractivity contribution in [3.05, 3.63) is 120 Å². The largest absolute Gasteiger partial charge is 0.493 e. The number of amides is 2. The summed E-state index contributed by atoms with van der Waals surface area (Å²) < 4.78 is 12.8. The Morgan fingerprint density at radius 3 is 2.15 bits per heavy atom. The number of hydrogen-bond acceptors (Lipinski definition) is 12. The first-order chi connectivity index (χ1) is 29.1. The molecule has 15 heteroatoms. The zero-order chi connectivity index (χ0) is 46.5. The second-order valence-electron chi connectivity index (χ2n) is 14.0. The molecule has 2 heterocycles. The molecule has 0 saturated carbocycles. The molecule has 1 aromatic heterocycles. The minimum Gasteiger partial charge on any atom is -0.493 e. The molecule has 1 aliphatic rings. The van der Waals surface area contributed by atoms with Crippen LogP contribution in [0.15, 0.2) is 97.6 Å². The van der Waals surface area contributed by atoms with Crippen molar-refractivity contribution in [2.24, 2.45) is 18.5 Å². The third-order valence-corrected chi connectivity index (χ3v) is 8.70. The van der Waals surface area contributed by atoms with E-state index in [9.17, 15) is 14.4 Å². The van der Waals surface area contributed by atoms with Crippen molar-refractivity contribution in [1.29, 1.82) is 0 Å². The lowest BCUT2D eigenvalue weighted by Crippen LogP contribution is -2.28. The van der Waals surface area contributed by atoms with E-state index in [0.717, 1.165) is 48.0 Å². The van der Waals surface area contributed by atoms with E-state index in [2.05, 4.69) is 92.0 Å². The van der Waals surface area contributed by atoms with Crippen LogP contribution in [0.25, 0.3) is 11.1 Å². The summed E-state index contributed by atoms with van der Waals surface area (Å²) in [6.07, 6.45) is 8.78. The molecule has 1 atom stereocenters. The van der Waals surface area contributed by atoms with Crippen LogP contribution < -0.4 is 47.5 Å². The number of carbonyl (C=O) groups is 4. The second-order valence-corrected chi connectivity index (χ2v) is 15.2. The van der Waals surface area contributed by atoms with Crippen molar-refractivity contribution in [2.45, 2.75) is 57.7 Å². The number of aryl methyl sites for hydroxylation is 3. The normalized spacial score (nSPS) is 12.2. The maximum absolute atomic E-state index is 11.6. The monoisotopic (exact) mass is 860 g/mol. The van der Waals surface area contributed by atoms with Gasteiger partial charge in [-0.2, -0.15) is 12.6 Å². The smallest absolute Gasteiger partial charge is 0.225 e. The van der Waals surface area contributed by atoms with Crippen molar-refractivity contribution in [3.63, 3.8) is 0 Å². The molecule has 0 aliphatic carbocycles. The maximum Gasteiger partial charge on any atom is 0.225 e. The molecule has 1 aliphatic heterocycles. The number of hydrogen-bond donors (Lipinski definition) is 7. The Kier molecular flexibility index (Phi) is 27.1. The first-order valence-corrected chi connectivity index (χ1v) is 19.9. The number of nitrogens with two attached hydrogens (primary N) is 3. The number of methoxy groups -OCH3 is 1. The quantitative estimate of drug-likeness (QED) is 0.0268. The van der Waals surface area contributed by atoms with Crippen LogP contribution in [0.1, 0.15) is 53.9 Å². The molecule has 334 valence electrons. The summed E-state index contributed by atoms with van der Waals surface area (Å²) >= 11 is 4.27. The molecule has 2 amide bonds. The minimum atomic E-state index is -0.164. The van der Waals surface area contributed by atoms with Crippen LogP contribution in [-0.4, -0.2) is 82.2 Å². The summed E-state index contributed by atoms with van der Waals surface area (Å²) in [5, 5.41) is 8.32. The Balaban J connectivity index is 0.000000809. The second kappa shape index (κ2) is 30.1. The number of fused-ring (bicyclic) bond motifs is 1. The third-order valence-electron chi connectivity index (χ3n) is 8.54. The van der Waals surface area contributed by atoms with Crippen LogP contribution in [-0.2, 0) is 27.9 Å². The molecule has 0 saturated heterocycles. The lowest BCUT2D eigenvalue weighted by atomic mass is 10.1. The lowest BCUT2D eigenvalue weighted by molar-refractivity contribution is -0.120. The van der Waals surface area contributed by atoms with Crippen molar-refractivity contribution < 1.29 is 28.7 Å². The van der Waals surface area contributed by atoms with Gasteiger partial charge in [0.2, 0.25) is 12.3 Å². The number of rotatable bonds is 14. The predicted molar refractivity (Wildman–Crippen MR) is 254 cm³/mol. The number of ether oxygens (including phenoxy) is 2. The Bertz CT molecular complexity index is 1940. The van der Waals surface area contributed by atoms with E-state index >= 15 is 0 Å². The molecule has 5 rings (SSSR count). The summed E-state index contributed by atoms with van der Waals surface area (Å²) in [6.45, 7) is 15.2. The highest BCUT2D eigenvalue weighted by molar-refractivity contribution is 7.81. The van der Waals surface area contributed by atoms with E-state index in [-0.39, 0.29) is 22.5 Å². The number of carbonyl (C=O) groups excluding carboxylic acids is 4. The van der Waals surface area contributed by atoms with E-state index in [1.807, 2.05) is 75.0 Å². The average Bonchev–Trinajstić information content (AvgIpc) is 3.82. The van der Waals surface area contributed by atoms with Gasteiger partial charge in [0.15, 0.2) is 17.8 Å². The van der Waals surface area contributed by atoms with Crippen LogP contribution in [0.4, 0.5) is 11.4 Å². The summed E-state index contributed by atoms with van der Waals surface area (Å²) in [5.74, 6) is 1.31. The van der Waals surface area contributed by atoms with Gasteiger partial charge in [0.1, 0.15) is 12.6 Å². The van der Waals surface area contributed by atoms with Crippen molar-refractivity contribution >= 4 is 49.4 Å². The maximum atomic E-state index is 11.6. The molecule has 3 aromatic carbocycles. The molecule has 14 nitrogen and oxygen atoms in total. The Labute approximate surface area is 368 Å². The van der Waals surface area contributed by atoms with Gasteiger partial charge in [-0.25, -0.2) is 0 Å². The SMILES string of the molecule is C=CC1Cc2ccccc2N1C=O.C=O.CN.CN/C=C(\N)NC(=O)CCCOc1cc(N)c(C)cc1OC.CNCC(C)(C)S.Cc1ccc(-c2cc(C=O)n(C)c2)cc1. The molecule has 61 heavy (non-hydrogen) atoms. The molecular formula is C46H68N8O6S. The van der Waals surface area contributed by atoms with Crippen LogP contribution in [0.3, 0.4) is 0 Å². The van der Waals surface area contributed by atoms with Gasteiger partial charge in [-0.3, -0.25) is 14.4 Å². The number of benzene rings is 3. The molecule has 4 aromatic rings. The van der Waals surface area contributed by atoms with Gasteiger partial charge >= 0.3 is 0 Å². The number of aldehydes is 1. The van der Waals surface area contributed by atoms with Gasteiger partial charge in [-0.1, -0.05) is 54.1 Å². The van der Waals surface area contributed by atoms with Gasteiger partial charge in [0.05, 0.1) is 25.5 Å². The first kappa shape index (κ1) is 55.0. The summed E-state index contributed by atoms with van der Waals surface area (Å²) in [7, 11) is 8.58. The van der Waals surface area contributed by atoms with Gasteiger partial charge in [-0.05, 0) is 89.5 Å². The van der Waals surface area contributed by atoms with Gasteiger partial charge in [0, 0.05) is 67.2 Å². The molecule has 1 unspecified atom stereocenters. The highest BCUT2D eigenvalue weighted by Crippen LogP contribution is 2.32. The molecule has 9 N–H and O–H groups in total. The average molecular weight is 861 g/mol. The number of thiol groups is 1. The fraction of sp³-hybridized carbons (Fsp3) is 0.348. The Morgan fingerprint density at radius 2 is 1.64 bits per heavy atom. The number of nitrogens with one attached hydrogen (secondary N) is 3. The van der Waals surface area contributed by atoms with Crippen LogP contribution in [0.5, 0.6) is 11.5 Å². The standard InChI is InChI=1S/C15H24N4O3.C13H13NO.C11H11NO.C5H13NS.CH5N.CH2O/c1-10-7-12(21-3)13(8-11(10)16)22-6-4-5-15(20)19-14(17)9-18-2;1-10-3-5-11(6-4-10)12-7-13(9-15)14(2)8-12;1-2-10-7-9-5-3-4-6-11(9)12(10)8-13;1-5(2,7)4-6-3;2*1-2/h7-9,18H,4-6,16-17H2,1-3H3,(H,19,20);3-9H,1-2H3;2-6,8,10H,1,7H2;6-7H,4H2,1-3H3;2H2,1H3;1H2/b14-9+;;;;;. The molecular weight excluding hydrogens is 793 g/mol. The van der Waals surface area contributed by atoms with Crippen molar-refractivity contribution in [3.8, 4) is 22.6 Å². The third kappa shape index (κ3) is 20.2. The van der Waals surface area contributed by atoms with Gasteiger partial charge < -0.3 is 56.9 Å². The number of para-hydroxylation sites is 1. The molecule has 0 bridgehead atoms. The van der Waals surface area contributed by atoms with Crippen LogP contribution >= 0.6 is 12.6 Å². The van der Waals surface area contributed by atoms with Crippen molar-refractivity contribution in [2.75, 3.05) is 52.0 Å². The van der Waals surface area contributed by atoms with Gasteiger partial charge in [-0.15, -0.1) is 6.58 Å². The zero-order valence-electron chi connectivity index (χ0n) is 37.3. The summed E-state index contributed by atoms with van der Waals surface area (Å²) in [4.78, 5) is 42.8. The highest BCUT2D eigenvalue weighted by atomic mass is 32.1. The van der Waals surface area contributed by atoms with Crippen LogP contribution in [0, 0.1) is 13.8 Å². The number of nitrogen functional groups attached to an aromatic ring is 1. The summed E-state index contributed by atoms with van der Waals surface area (Å²) in [5.41, 5.74) is 23.9. The molecule has 0 fully saturated rings. The predicted octanol–water partition coefficient (Wildman–Crippen LogP) is 5.72. The minimum absolute atomic E-state index is 0.134. The zero-order valence-corrected chi connectivity index (χ0v) is 38.2. The van der Waals surface area contributed by atoms with Crippen molar-refractivity contribution in [1.82, 2.24) is 20.5 Å². The van der Waals surface area contributed by atoms with E-state index in [1.165, 1.54) is 24.4 Å². The first-order valence-electron chi connectivity index (χ1n) is 19.5. The number of anilines is 2. The fourth-order valence-corrected chi connectivity index (χ4v) is 5.74.